The lowest BCUT2D eigenvalue weighted by Crippen LogP contribution is -2.45. The summed E-state index contributed by atoms with van der Waals surface area (Å²) in [5.41, 5.74) is 6.72. The molecule has 0 saturated heterocycles. The second kappa shape index (κ2) is 21.1. The van der Waals surface area contributed by atoms with Crippen molar-refractivity contribution >= 4 is 6.03 Å². The van der Waals surface area contributed by atoms with Crippen LogP contribution in [0.15, 0.2) is 24.3 Å². The van der Waals surface area contributed by atoms with Crippen molar-refractivity contribution in [2.45, 2.75) is 116 Å². The Labute approximate surface area is 197 Å². The van der Waals surface area contributed by atoms with Crippen LogP contribution >= 0.6 is 0 Å². The number of benzene rings is 1. The monoisotopic (exact) mass is 447 g/mol. The molecule has 0 heterocycles. The van der Waals surface area contributed by atoms with Gasteiger partial charge in [-0.15, -0.1) is 0 Å². The van der Waals surface area contributed by atoms with E-state index in [0.29, 0.717) is 6.54 Å². The number of aromatic hydroxyl groups is 1. The first kappa shape index (κ1) is 28.3. The Balaban J connectivity index is 1.75. The van der Waals surface area contributed by atoms with E-state index in [1.807, 2.05) is 12.1 Å². The number of hydrogen-bond donors (Lipinski definition) is 4. The predicted octanol–water partition coefficient (Wildman–Crippen LogP) is 7.00. The molecule has 0 saturated carbocycles. The third-order valence-electron chi connectivity index (χ3n) is 5.99. The molecule has 184 valence electrons. The van der Waals surface area contributed by atoms with Gasteiger partial charge in [-0.2, -0.15) is 0 Å². The fraction of sp³-hybridized carbons (Fsp3) is 0.741. The van der Waals surface area contributed by atoms with Gasteiger partial charge in [0.15, 0.2) is 0 Å². The zero-order valence-electron chi connectivity index (χ0n) is 20.6. The summed E-state index contributed by atoms with van der Waals surface area (Å²) < 4.78 is 0. The van der Waals surface area contributed by atoms with Crippen molar-refractivity contribution in [2.75, 3.05) is 13.1 Å². The number of carbonyl (C=O) groups is 1. The summed E-state index contributed by atoms with van der Waals surface area (Å²) >= 11 is 0. The Bertz CT molecular complexity index is 548. The summed E-state index contributed by atoms with van der Waals surface area (Å²) in [4.78, 5) is 11.7. The van der Waals surface area contributed by atoms with Crippen molar-refractivity contribution in [3.8, 4) is 5.75 Å². The normalized spacial score (nSPS) is 10.9. The molecule has 5 heteroatoms. The number of carbonyl (C=O) groups excluding carboxylic acids is 1. The highest BCUT2D eigenvalue weighted by molar-refractivity contribution is 5.73. The molecule has 1 aromatic rings. The van der Waals surface area contributed by atoms with Gasteiger partial charge >= 0.3 is 6.03 Å². The Morgan fingerprint density at radius 3 is 1.66 bits per heavy atom. The van der Waals surface area contributed by atoms with Crippen molar-refractivity contribution in [3.63, 3.8) is 0 Å². The molecule has 2 amide bonds. The third-order valence-corrected chi connectivity index (χ3v) is 5.99. The van der Waals surface area contributed by atoms with E-state index in [1.54, 1.807) is 12.1 Å². The van der Waals surface area contributed by atoms with Crippen molar-refractivity contribution in [1.29, 1.82) is 0 Å². The standard InChI is InChI=1S/C27H49N3O2/c1-2-3-4-5-6-7-8-9-10-11-12-13-14-15-16-17-23-28-27(32)30-29-24-22-25-18-20-26(31)21-19-25/h18-21,29,31H,2-17,22-24H2,1H3,(H2,28,30,32). The van der Waals surface area contributed by atoms with Gasteiger partial charge in [0.25, 0.3) is 0 Å². The van der Waals surface area contributed by atoms with Crippen LogP contribution in [-0.4, -0.2) is 24.2 Å². The van der Waals surface area contributed by atoms with Gasteiger partial charge in [-0.3, -0.25) is 5.43 Å². The average Bonchev–Trinajstić information content (AvgIpc) is 2.80. The number of phenolic OH excluding ortho intramolecular Hbond substituents is 1. The van der Waals surface area contributed by atoms with E-state index in [1.165, 1.54) is 96.3 Å². The summed E-state index contributed by atoms with van der Waals surface area (Å²) in [7, 11) is 0. The Morgan fingerprint density at radius 1 is 0.688 bits per heavy atom. The van der Waals surface area contributed by atoms with Crippen LogP contribution in [0.25, 0.3) is 0 Å². The lowest BCUT2D eigenvalue weighted by molar-refractivity contribution is 0.236. The summed E-state index contributed by atoms with van der Waals surface area (Å²) in [6, 6.07) is 6.95. The molecule has 5 nitrogen and oxygen atoms in total. The van der Waals surface area contributed by atoms with Crippen LogP contribution < -0.4 is 16.2 Å². The van der Waals surface area contributed by atoms with Gasteiger partial charge in [-0.25, -0.2) is 10.2 Å². The van der Waals surface area contributed by atoms with Gasteiger partial charge in [-0.05, 0) is 30.5 Å². The predicted molar refractivity (Wildman–Crippen MR) is 136 cm³/mol. The highest BCUT2D eigenvalue weighted by Crippen LogP contribution is 2.13. The maximum absolute atomic E-state index is 11.7. The number of urea groups is 1. The maximum Gasteiger partial charge on any atom is 0.329 e. The van der Waals surface area contributed by atoms with E-state index in [-0.39, 0.29) is 11.8 Å². The molecule has 0 aliphatic heterocycles. The number of unbranched alkanes of at least 4 members (excludes halogenated alkanes) is 15. The second-order valence-corrected chi connectivity index (χ2v) is 9.03. The molecule has 0 aliphatic rings. The van der Waals surface area contributed by atoms with E-state index in [4.69, 9.17) is 0 Å². The van der Waals surface area contributed by atoms with Crippen LogP contribution in [0.5, 0.6) is 5.75 Å². The molecule has 0 fully saturated rings. The summed E-state index contributed by atoms with van der Waals surface area (Å²) in [6.07, 6.45) is 22.5. The third kappa shape index (κ3) is 17.9. The Morgan fingerprint density at radius 2 is 1.16 bits per heavy atom. The topological polar surface area (TPSA) is 73.4 Å². The molecular formula is C27H49N3O2. The summed E-state index contributed by atoms with van der Waals surface area (Å²) in [6.45, 7) is 3.66. The van der Waals surface area contributed by atoms with E-state index in [9.17, 15) is 9.90 Å². The van der Waals surface area contributed by atoms with Gasteiger partial charge < -0.3 is 10.4 Å². The van der Waals surface area contributed by atoms with Crippen LogP contribution in [0.3, 0.4) is 0 Å². The van der Waals surface area contributed by atoms with Gasteiger partial charge in [0.05, 0.1) is 0 Å². The molecule has 0 spiro atoms. The zero-order valence-corrected chi connectivity index (χ0v) is 20.6. The first-order valence-electron chi connectivity index (χ1n) is 13.3. The van der Waals surface area contributed by atoms with Crippen molar-refractivity contribution in [1.82, 2.24) is 16.2 Å². The van der Waals surface area contributed by atoms with E-state index >= 15 is 0 Å². The lowest BCUT2D eigenvalue weighted by atomic mass is 10.0. The number of hydrogen-bond acceptors (Lipinski definition) is 3. The van der Waals surface area contributed by atoms with Crippen molar-refractivity contribution in [2.24, 2.45) is 0 Å². The summed E-state index contributed by atoms with van der Waals surface area (Å²) in [5, 5.41) is 12.2. The smallest absolute Gasteiger partial charge is 0.329 e. The molecule has 32 heavy (non-hydrogen) atoms. The van der Waals surface area contributed by atoms with Gasteiger partial charge in [0, 0.05) is 13.1 Å². The minimum atomic E-state index is -0.170. The molecule has 1 aromatic carbocycles. The van der Waals surface area contributed by atoms with Crippen molar-refractivity contribution < 1.29 is 9.90 Å². The number of amides is 2. The molecule has 1 rings (SSSR count). The van der Waals surface area contributed by atoms with E-state index in [0.717, 1.165) is 24.9 Å². The van der Waals surface area contributed by atoms with Crippen LogP contribution in [0.4, 0.5) is 4.79 Å². The minimum Gasteiger partial charge on any atom is -0.508 e. The van der Waals surface area contributed by atoms with Crippen LogP contribution in [-0.2, 0) is 6.42 Å². The van der Waals surface area contributed by atoms with Crippen molar-refractivity contribution in [3.05, 3.63) is 29.8 Å². The van der Waals surface area contributed by atoms with Crippen LogP contribution in [0.2, 0.25) is 0 Å². The zero-order chi connectivity index (χ0) is 23.1. The molecule has 4 N–H and O–H groups in total. The van der Waals surface area contributed by atoms with Crippen LogP contribution in [0.1, 0.15) is 115 Å². The highest BCUT2D eigenvalue weighted by atomic mass is 16.3. The molecule has 0 bridgehead atoms. The Kier molecular flexibility index (Phi) is 18.7. The molecule has 0 unspecified atom stereocenters. The van der Waals surface area contributed by atoms with Gasteiger partial charge in [-0.1, -0.05) is 115 Å². The quantitative estimate of drug-likeness (QED) is 0.121. The van der Waals surface area contributed by atoms with E-state index < -0.39 is 0 Å². The molecule has 0 radical (unpaired) electrons. The molecule has 0 atom stereocenters. The lowest BCUT2D eigenvalue weighted by Gasteiger charge is -2.09. The molecular weight excluding hydrogens is 398 g/mol. The second-order valence-electron chi connectivity index (χ2n) is 9.03. The van der Waals surface area contributed by atoms with E-state index in [2.05, 4.69) is 23.1 Å². The first-order chi connectivity index (χ1) is 15.7. The average molecular weight is 448 g/mol. The largest absolute Gasteiger partial charge is 0.508 e. The fourth-order valence-corrected chi connectivity index (χ4v) is 3.93. The minimum absolute atomic E-state index is 0.170. The fourth-order valence-electron chi connectivity index (χ4n) is 3.93. The number of phenols is 1. The maximum atomic E-state index is 11.7. The summed E-state index contributed by atoms with van der Waals surface area (Å²) in [5.74, 6) is 0.272. The number of nitrogens with one attached hydrogen (secondary N) is 3. The van der Waals surface area contributed by atoms with Gasteiger partial charge in [0.1, 0.15) is 5.75 Å². The first-order valence-corrected chi connectivity index (χ1v) is 13.3. The van der Waals surface area contributed by atoms with Crippen LogP contribution in [0, 0.1) is 0 Å². The highest BCUT2D eigenvalue weighted by Gasteiger charge is 1.99. The number of hydrazine groups is 1. The number of rotatable bonds is 21. The molecule has 0 aliphatic carbocycles. The SMILES string of the molecule is CCCCCCCCCCCCCCCCCCNC(=O)NNCCc1ccc(O)cc1. The van der Waals surface area contributed by atoms with Gasteiger partial charge in [0.2, 0.25) is 0 Å². The Hall–Kier alpha value is -1.75. The molecule has 0 aromatic heterocycles.